The van der Waals surface area contributed by atoms with E-state index in [0.29, 0.717) is 35.3 Å². The molecule has 10 nitrogen and oxygen atoms in total. The van der Waals surface area contributed by atoms with Crippen molar-refractivity contribution in [3.8, 4) is 6.07 Å². The summed E-state index contributed by atoms with van der Waals surface area (Å²) in [6.45, 7) is 2.54. The summed E-state index contributed by atoms with van der Waals surface area (Å²) < 4.78 is 1.71. The summed E-state index contributed by atoms with van der Waals surface area (Å²) in [4.78, 5) is 10.9. The minimum Gasteiger partial charge on any atom is -0.346 e. The van der Waals surface area contributed by atoms with Crippen molar-refractivity contribution in [3.63, 3.8) is 0 Å². The summed E-state index contributed by atoms with van der Waals surface area (Å²) in [6, 6.07) is 3.83. The van der Waals surface area contributed by atoms with Crippen LogP contribution in [0.1, 0.15) is 36.3 Å². The summed E-state index contributed by atoms with van der Waals surface area (Å²) in [5, 5.41) is 25.1. The summed E-state index contributed by atoms with van der Waals surface area (Å²) in [5.41, 5.74) is 8.83. The van der Waals surface area contributed by atoms with Crippen molar-refractivity contribution in [1.29, 1.82) is 5.26 Å². The predicted octanol–water partition coefficient (Wildman–Crippen LogP) is 2.38. The van der Waals surface area contributed by atoms with Crippen LogP contribution in [0.25, 0.3) is 0 Å². The third-order valence-corrected chi connectivity index (χ3v) is 5.46. The highest BCUT2D eigenvalue weighted by Crippen LogP contribution is 2.39. The second-order valence-corrected chi connectivity index (χ2v) is 7.63. The zero-order valence-electron chi connectivity index (χ0n) is 16.7. The fourth-order valence-electron chi connectivity index (χ4n) is 3.78. The number of hydrogen-bond acceptors (Lipinski definition) is 9. The highest BCUT2D eigenvalue weighted by atomic mass is 35.5. The number of anilines is 3. The molecule has 1 unspecified atom stereocenters. The fourth-order valence-corrected chi connectivity index (χ4v) is 4.03. The summed E-state index contributed by atoms with van der Waals surface area (Å²) in [5.74, 6) is 0.370. The van der Waals surface area contributed by atoms with Crippen LogP contribution in [0.3, 0.4) is 0 Å². The van der Waals surface area contributed by atoms with Crippen molar-refractivity contribution in [3.05, 3.63) is 46.8 Å². The van der Waals surface area contributed by atoms with E-state index in [1.807, 2.05) is 25.1 Å². The molecule has 1 saturated heterocycles. The lowest BCUT2D eigenvalue weighted by atomic mass is 9.91. The first-order chi connectivity index (χ1) is 14.4. The number of nitrogens with two attached hydrogens (primary N) is 1. The number of nitrogens with one attached hydrogen (secondary N) is 1. The molecule has 30 heavy (non-hydrogen) atoms. The van der Waals surface area contributed by atoms with E-state index in [2.05, 4.69) is 36.7 Å². The van der Waals surface area contributed by atoms with E-state index in [-0.39, 0.29) is 5.69 Å². The van der Waals surface area contributed by atoms with Crippen molar-refractivity contribution < 1.29 is 0 Å². The maximum absolute atomic E-state index is 9.49. The van der Waals surface area contributed by atoms with Gasteiger partial charge in [-0.2, -0.15) is 15.5 Å². The summed E-state index contributed by atoms with van der Waals surface area (Å²) >= 11 is 6.52. The SMILES string of the molecule is Cc1nn(C)cc1Nc1ncc(Cl)c(C2(N)CCCCN2c2ccnnc2C#N)n1. The number of nitrogens with zero attached hydrogens (tertiary/aromatic N) is 8. The molecule has 1 aliphatic rings. The predicted molar refractivity (Wildman–Crippen MR) is 112 cm³/mol. The molecule has 1 atom stereocenters. The number of hydrogen-bond donors (Lipinski definition) is 2. The largest absolute Gasteiger partial charge is 0.346 e. The molecule has 1 fully saturated rings. The highest BCUT2D eigenvalue weighted by Gasteiger charge is 2.41. The molecule has 3 aromatic heterocycles. The lowest BCUT2D eigenvalue weighted by Crippen LogP contribution is -2.57. The molecule has 0 radical (unpaired) electrons. The van der Waals surface area contributed by atoms with E-state index in [9.17, 15) is 5.26 Å². The lowest BCUT2D eigenvalue weighted by molar-refractivity contribution is 0.315. The Balaban J connectivity index is 1.76. The zero-order chi connectivity index (χ0) is 21.3. The van der Waals surface area contributed by atoms with Crippen LogP contribution < -0.4 is 16.0 Å². The average Bonchev–Trinajstić information content (AvgIpc) is 3.06. The molecule has 0 aromatic carbocycles. The van der Waals surface area contributed by atoms with Gasteiger partial charge in [0.25, 0.3) is 0 Å². The molecule has 11 heteroatoms. The van der Waals surface area contributed by atoms with Crippen LogP contribution in [0.2, 0.25) is 5.02 Å². The molecule has 4 heterocycles. The van der Waals surface area contributed by atoms with Gasteiger partial charge in [-0.25, -0.2) is 9.97 Å². The lowest BCUT2D eigenvalue weighted by Gasteiger charge is -2.45. The molecule has 0 spiro atoms. The maximum atomic E-state index is 9.49. The van der Waals surface area contributed by atoms with Crippen LogP contribution in [-0.2, 0) is 12.7 Å². The smallest absolute Gasteiger partial charge is 0.227 e. The van der Waals surface area contributed by atoms with E-state index < -0.39 is 5.66 Å². The fraction of sp³-hybridized carbons (Fsp3) is 0.368. The number of nitriles is 1. The molecule has 154 valence electrons. The first-order valence-electron chi connectivity index (χ1n) is 9.51. The Morgan fingerprint density at radius 3 is 2.93 bits per heavy atom. The standard InChI is InChI=1S/C19H21ClN10/c1-12-15(11-29(2)28-12)25-18-23-10-13(20)17(26-18)19(22)6-3-4-8-30(19)16-5-7-24-27-14(16)9-21/h5,7,10-11H,3-4,6,8,22H2,1-2H3,(H,23,25,26). The number of rotatable bonds is 4. The molecule has 0 bridgehead atoms. The Kier molecular flexibility index (Phi) is 5.24. The topological polar surface area (TPSA) is 134 Å². The molecule has 1 aliphatic heterocycles. The molecule has 0 aliphatic carbocycles. The van der Waals surface area contributed by atoms with E-state index in [1.165, 1.54) is 6.20 Å². The number of aryl methyl sites for hydroxylation is 2. The van der Waals surface area contributed by atoms with Gasteiger partial charge >= 0.3 is 0 Å². The third kappa shape index (κ3) is 3.53. The Labute approximate surface area is 178 Å². The van der Waals surface area contributed by atoms with Gasteiger partial charge in [-0.05, 0) is 32.3 Å². The van der Waals surface area contributed by atoms with Gasteiger partial charge in [0.05, 0.1) is 34.5 Å². The van der Waals surface area contributed by atoms with Crippen molar-refractivity contribution in [2.45, 2.75) is 31.8 Å². The van der Waals surface area contributed by atoms with Crippen LogP contribution in [0, 0.1) is 18.3 Å². The molecular formula is C19H21ClN10. The van der Waals surface area contributed by atoms with Gasteiger partial charge in [-0.1, -0.05) is 11.6 Å². The Morgan fingerprint density at radius 1 is 1.37 bits per heavy atom. The minimum atomic E-state index is -1.02. The number of halogens is 1. The maximum Gasteiger partial charge on any atom is 0.227 e. The Bertz CT molecular complexity index is 1120. The summed E-state index contributed by atoms with van der Waals surface area (Å²) in [7, 11) is 1.84. The molecule has 3 N–H and O–H groups in total. The monoisotopic (exact) mass is 424 g/mol. The van der Waals surface area contributed by atoms with E-state index in [0.717, 1.165) is 24.2 Å². The first-order valence-corrected chi connectivity index (χ1v) is 9.89. The average molecular weight is 425 g/mol. The van der Waals surface area contributed by atoms with Crippen LogP contribution in [0.4, 0.5) is 17.3 Å². The second-order valence-electron chi connectivity index (χ2n) is 7.23. The Hall–Kier alpha value is -3.29. The van der Waals surface area contributed by atoms with Gasteiger partial charge in [-0.3, -0.25) is 4.68 Å². The van der Waals surface area contributed by atoms with Crippen molar-refractivity contribution in [2.75, 3.05) is 16.8 Å². The quantitative estimate of drug-likeness (QED) is 0.646. The van der Waals surface area contributed by atoms with Crippen molar-refractivity contribution in [2.24, 2.45) is 12.8 Å². The van der Waals surface area contributed by atoms with Gasteiger partial charge in [-0.15, -0.1) is 5.10 Å². The third-order valence-electron chi connectivity index (χ3n) is 5.18. The molecular weight excluding hydrogens is 404 g/mol. The number of piperidine rings is 1. The normalized spacial score (nSPS) is 18.8. The van der Waals surface area contributed by atoms with E-state index in [1.54, 1.807) is 16.9 Å². The summed E-state index contributed by atoms with van der Waals surface area (Å²) in [6.07, 6.45) is 7.37. The van der Waals surface area contributed by atoms with Crippen LogP contribution in [-0.4, -0.2) is 36.5 Å². The highest BCUT2D eigenvalue weighted by molar-refractivity contribution is 6.31. The van der Waals surface area contributed by atoms with Crippen LogP contribution in [0.15, 0.2) is 24.7 Å². The molecule has 3 aromatic rings. The first kappa shape index (κ1) is 20.0. The second kappa shape index (κ2) is 7.85. The van der Waals surface area contributed by atoms with E-state index in [4.69, 9.17) is 17.3 Å². The zero-order valence-corrected chi connectivity index (χ0v) is 17.4. The number of aromatic nitrogens is 6. The van der Waals surface area contributed by atoms with Gasteiger partial charge in [0, 0.05) is 19.8 Å². The van der Waals surface area contributed by atoms with Crippen molar-refractivity contribution >= 4 is 28.9 Å². The molecule has 0 amide bonds. The van der Waals surface area contributed by atoms with Crippen molar-refractivity contribution in [1.82, 2.24) is 29.9 Å². The van der Waals surface area contributed by atoms with Gasteiger partial charge in [0.15, 0.2) is 5.69 Å². The Morgan fingerprint density at radius 2 is 2.20 bits per heavy atom. The van der Waals surface area contributed by atoms with Gasteiger partial charge in [0.2, 0.25) is 5.95 Å². The molecule has 0 saturated carbocycles. The van der Waals surface area contributed by atoms with Crippen LogP contribution in [0.5, 0.6) is 0 Å². The minimum absolute atomic E-state index is 0.212. The molecule has 4 rings (SSSR count). The van der Waals surface area contributed by atoms with Gasteiger partial charge < -0.3 is 16.0 Å². The van der Waals surface area contributed by atoms with Crippen LogP contribution >= 0.6 is 11.6 Å². The van der Waals surface area contributed by atoms with E-state index >= 15 is 0 Å². The van der Waals surface area contributed by atoms with Gasteiger partial charge in [0.1, 0.15) is 17.4 Å².